The minimum Gasteiger partial charge on any atom is -0.335 e. The van der Waals surface area contributed by atoms with Crippen molar-refractivity contribution in [3.05, 3.63) is 18.0 Å². The first-order valence-electron chi connectivity index (χ1n) is 9.88. The second-order valence-corrected chi connectivity index (χ2v) is 7.94. The van der Waals surface area contributed by atoms with Crippen molar-refractivity contribution in [3.8, 4) is 0 Å². The number of carbonyl (C=O) groups excluding carboxylic acids is 1. The van der Waals surface area contributed by atoms with Crippen molar-refractivity contribution in [2.75, 3.05) is 13.1 Å². The zero-order chi connectivity index (χ0) is 17.8. The van der Waals surface area contributed by atoms with Crippen molar-refractivity contribution >= 4 is 6.03 Å². The van der Waals surface area contributed by atoms with Crippen LogP contribution < -0.4 is 10.6 Å². The lowest BCUT2D eigenvalue weighted by Crippen LogP contribution is -2.49. The van der Waals surface area contributed by atoms with Crippen molar-refractivity contribution in [1.29, 1.82) is 0 Å². The van der Waals surface area contributed by atoms with Crippen molar-refractivity contribution in [2.45, 2.75) is 83.5 Å². The number of carbonyl (C=O) groups is 1. The first-order valence-corrected chi connectivity index (χ1v) is 9.88. The fourth-order valence-corrected chi connectivity index (χ4v) is 4.04. The van der Waals surface area contributed by atoms with Gasteiger partial charge in [0.2, 0.25) is 0 Å². The fourth-order valence-electron chi connectivity index (χ4n) is 4.04. The second-order valence-electron chi connectivity index (χ2n) is 7.94. The first kappa shape index (κ1) is 18.2. The SMILES string of the molecule is CC(C)n1cc([C@H](C)NC(=O)NC2CCN(C3CCCC3)CC2)cn1. The number of amides is 2. The van der Waals surface area contributed by atoms with Gasteiger partial charge in [-0.3, -0.25) is 4.68 Å². The summed E-state index contributed by atoms with van der Waals surface area (Å²) in [6.07, 6.45) is 11.5. The maximum atomic E-state index is 12.3. The zero-order valence-electron chi connectivity index (χ0n) is 15.9. The van der Waals surface area contributed by atoms with Gasteiger partial charge in [-0.1, -0.05) is 12.8 Å². The minimum absolute atomic E-state index is 0.0360. The van der Waals surface area contributed by atoms with E-state index in [0.29, 0.717) is 12.1 Å². The van der Waals surface area contributed by atoms with Gasteiger partial charge in [-0.05, 0) is 46.5 Å². The molecule has 140 valence electrons. The number of hydrogen-bond donors (Lipinski definition) is 2. The molecule has 1 atom stereocenters. The van der Waals surface area contributed by atoms with E-state index in [1.54, 1.807) is 0 Å². The Morgan fingerprint density at radius 1 is 1.16 bits per heavy atom. The van der Waals surface area contributed by atoms with Crippen LogP contribution >= 0.6 is 0 Å². The van der Waals surface area contributed by atoms with E-state index in [4.69, 9.17) is 0 Å². The van der Waals surface area contributed by atoms with Crippen LogP contribution in [0.25, 0.3) is 0 Å². The average molecular weight is 348 g/mol. The number of urea groups is 1. The van der Waals surface area contributed by atoms with E-state index in [1.165, 1.54) is 25.7 Å². The van der Waals surface area contributed by atoms with Gasteiger partial charge in [0.25, 0.3) is 0 Å². The van der Waals surface area contributed by atoms with Crippen LogP contribution in [0.4, 0.5) is 4.79 Å². The zero-order valence-corrected chi connectivity index (χ0v) is 15.9. The van der Waals surface area contributed by atoms with Gasteiger partial charge >= 0.3 is 6.03 Å². The van der Waals surface area contributed by atoms with Crippen molar-refractivity contribution in [1.82, 2.24) is 25.3 Å². The smallest absolute Gasteiger partial charge is 0.315 e. The predicted octanol–water partition coefficient (Wildman–Crippen LogP) is 3.23. The molecular weight excluding hydrogens is 314 g/mol. The van der Waals surface area contributed by atoms with Gasteiger partial charge in [0, 0.05) is 43.0 Å². The van der Waals surface area contributed by atoms with E-state index < -0.39 is 0 Å². The standard InChI is InChI=1S/C19H33N5O/c1-14(2)24-13-16(12-20-24)15(3)21-19(25)22-17-8-10-23(11-9-17)18-6-4-5-7-18/h12-15,17-18H,4-11H2,1-3H3,(H2,21,22,25)/t15-/m0/s1. The maximum absolute atomic E-state index is 12.3. The summed E-state index contributed by atoms with van der Waals surface area (Å²) >= 11 is 0. The number of hydrogen-bond acceptors (Lipinski definition) is 3. The van der Waals surface area contributed by atoms with Crippen LogP contribution in [0.15, 0.2) is 12.4 Å². The maximum Gasteiger partial charge on any atom is 0.315 e. The summed E-state index contributed by atoms with van der Waals surface area (Å²) in [5.41, 5.74) is 1.04. The molecule has 0 bridgehead atoms. The monoisotopic (exact) mass is 347 g/mol. The molecule has 2 aliphatic rings. The summed E-state index contributed by atoms with van der Waals surface area (Å²) in [7, 11) is 0. The molecule has 2 N–H and O–H groups in total. The van der Waals surface area contributed by atoms with E-state index >= 15 is 0 Å². The lowest BCUT2D eigenvalue weighted by atomic mass is 10.0. The molecule has 1 aromatic rings. The lowest BCUT2D eigenvalue weighted by molar-refractivity contribution is 0.145. The summed E-state index contributed by atoms with van der Waals surface area (Å²) in [5.74, 6) is 0. The van der Waals surface area contributed by atoms with Gasteiger partial charge in [-0.25, -0.2) is 4.79 Å². The van der Waals surface area contributed by atoms with Crippen LogP contribution in [0.3, 0.4) is 0 Å². The largest absolute Gasteiger partial charge is 0.335 e. The summed E-state index contributed by atoms with van der Waals surface area (Å²) in [6.45, 7) is 8.43. The molecule has 1 saturated heterocycles. The molecule has 6 nitrogen and oxygen atoms in total. The first-order chi connectivity index (χ1) is 12.0. The molecule has 0 unspecified atom stereocenters. The Hall–Kier alpha value is -1.56. The van der Waals surface area contributed by atoms with Crippen LogP contribution in [-0.4, -0.2) is 45.9 Å². The molecular formula is C19H33N5O. The quantitative estimate of drug-likeness (QED) is 0.859. The molecule has 2 amide bonds. The molecule has 0 aromatic carbocycles. The van der Waals surface area contributed by atoms with Crippen LogP contribution in [-0.2, 0) is 0 Å². The normalized spacial score (nSPS) is 21.6. The van der Waals surface area contributed by atoms with Crippen LogP contribution in [0, 0.1) is 0 Å². The third-order valence-corrected chi connectivity index (χ3v) is 5.70. The highest BCUT2D eigenvalue weighted by atomic mass is 16.2. The third kappa shape index (κ3) is 4.75. The van der Waals surface area contributed by atoms with Gasteiger partial charge in [0.1, 0.15) is 0 Å². The van der Waals surface area contributed by atoms with Gasteiger partial charge in [0.05, 0.1) is 12.2 Å². The van der Waals surface area contributed by atoms with E-state index in [9.17, 15) is 4.79 Å². The van der Waals surface area contributed by atoms with Crippen molar-refractivity contribution < 1.29 is 4.79 Å². The molecule has 25 heavy (non-hydrogen) atoms. The summed E-state index contributed by atoms with van der Waals surface area (Å²) < 4.78 is 1.92. The van der Waals surface area contributed by atoms with Gasteiger partial charge in [0.15, 0.2) is 0 Å². The highest BCUT2D eigenvalue weighted by molar-refractivity contribution is 5.74. The Morgan fingerprint density at radius 3 is 2.44 bits per heavy atom. The van der Waals surface area contributed by atoms with E-state index in [2.05, 4.69) is 34.5 Å². The predicted molar refractivity (Wildman–Crippen MR) is 99.5 cm³/mol. The molecule has 1 aliphatic heterocycles. The summed E-state index contributed by atoms with van der Waals surface area (Å²) in [5, 5.41) is 10.5. The van der Waals surface area contributed by atoms with Gasteiger partial charge < -0.3 is 15.5 Å². The fraction of sp³-hybridized carbons (Fsp3) is 0.789. The Balaban J connectivity index is 1.41. The van der Waals surface area contributed by atoms with Crippen molar-refractivity contribution in [2.24, 2.45) is 0 Å². The molecule has 6 heteroatoms. The number of nitrogens with zero attached hydrogens (tertiary/aromatic N) is 3. The molecule has 0 radical (unpaired) electrons. The van der Waals surface area contributed by atoms with E-state index in [0.717, 1.165) is 37.5 Å². The average Bonchev–Trinajstić information content (AvgIpc) is 3.27. The molecule has 3 rings (SSSR count). The van der Waals surface area contributed by atoms with Gasteiger partial charge in [-0.15, -0.1) is 0 Å². The molecule has 1 aromatic heterocycles. The Morgan fingerprint density at radius 2 is 1.84 bits per heavy atom. The highest BCUT2D eigenvalue weighted by Gasteiger charge is 2.27. The Labute approximate surface area is 151 Å². The van der Waals surface area contributed by atoms with Crippen molar-refractivity contribution in [3.63, 3.8) is 0 Å². The summed E-state index contributed by atoms with van der Waals surface area (Å²) in [6, 6.07) is 1.32. The van der Waals surface area contributed by atoms with Crippen LogP contribution in [0.5, 0.6) is 0 Å². The van der Waals surface area contributed by atoms with E-state index in [1.807, 2.05) is 24.0 Å². The third-order valence-electron chi connectivity index (χ3n) is 5.70. The Kier molecular flexibility index (Phi) is 5.99. The molecule has 2 fully saturated rings. The molecule has 2 heterocycles. The molecule has 0 spiro atoms. The topological polar surface area (TPSA) is 62.2 Å². The number of piperidine rings is 1. The number of rotatable bonds is 5. The van der Waals surface area contributed by atoms with Gasteiger partial charge in [-0.2, -0.15) is 5.10 Å². The lowest BCUT2D eigenvalue weighted by Gasteiger charge is -2.36. The minimum atomic E-state index is -0.0656. The van der Waals surface area contributed by atoms with Crippen LogP contribution in [0.1, 0.15) is 76.9 Å². The highest BCUT2D eigenvalue weighted by Crippen LogP contribution is 2.26. The number of aromatic nitrogens is 2. The van der Waals surface area contributed by atoms with Crippen LogP contribution in [0.2, 0.25) is 0 Å². The Bertz CT molecular complexity index is 556. The second kappa shape index (κ2) is 8.21. The molecule has 1 aliphatic carbocycles. The molecule has 1 saturated carbocycles. The number of likely N-dealkylation sites (tertiary alicyclic amines) is 1. The summed E-state index contributed by atoms with van der Waals surface area (Å²) in [4.78, 5) is 14.9. The van der Waals surface area contributed by atoms with E-state index in [-0.39, 0.29) is 12.1 Å². The number of nitrogens with one attached hydrogen (secondary N) is 2.